The van der Waals surface area contributed by atoms with E-state index in [1.165, 1.54) is 0 Å². The van der Waals surface area contributed by atoms with Crippen molar-refractivity contribution in [3.8, 4) is 0 Å². The summed E-state index contributed by atoms with van der Waals surface area (Å²) < 4.78 is 2.73. The number of rotatable bonds is 4. The van der Waals surface area contributed by atoms with Gasteiger partial charge in [-0.2, -0.15) is 0 Å². The number of nitrogens with zero attached hydrogens (tertiary/aromatic N) is 4. The molecule has 0 saturated heterocycles. The van der Waals surface area contributed by atoms with Gasteiger partial charge in [-0.3, -0.25) is 0 Å². The monoisotopic (exact) mass is 262 g/mol. The molecule has 1 aromatic heterocycles. The molecule has 0 unspecified atom stereocenters. The highest BCUT2D eigenvalue weighted by atomic mass is 79.9. The average Bonchev–Trinajstić information content (AvgIpc) is 2.47. The highest BCUT2D eigenvalue weighted by Gasteiger charge is 2.08. The Morgan fingerprint density at radius 3 is 2.92 bits per heavy atom. The SMILES string of the molecule is C=C(Br)CSc1nnnn1C(C)C. The topological polar surface area (TPSA) is 43.6 Å². The first kappa shape index (κ1) is 10.7. The fourth-order valence-corrected chi connectivity index (χ4v) is 1.85. The van der Waals surface area contributed by atoms with Gasteiger partial charge in [-0.1, -0.05) is 34.3 Å². The second kappa shape index (κ2) is 4.76. The summed E-state index contributed by atoms with van der Waals surface area (Å²) in [5.41, 5.74) is 0. The quantitative estimate of drug-likeness (QED) is 0.781. The van der Waals surface area contributed by atoms with E-state index < -0.39 is 0 Å². The molecule has 0 aliphatic rings. The van der Waals surface area contributed by atoms with Gasteiger partial charge >= 0.3 is 0 Å². The van der Waals surface area contributed by atoms with E-state index in [2.05, 4.69) is 38.0 Å². The zero-order valence-electron chi connectivity index (χ0n) is 7.57. The van der Waals surface area contributed by atoms with Crippen LogP contribution < -0.4 is 0 Å². The van der Waals surface area contributed by atoms with Crippen LogP contribution in [0, 0.1) is 0 Å². The first-order valence-electron chi connectivity index (χ1n) is 3.85. The number of hydrogen-bond acceptors (Lipinski definition) is 4. The van der Waals surface area contributed by atoms with E-state index >= 15 is 0 Å². The lowest BCUT2D eigenvalue weighted by molar-refractivity contribution is 0.477. The largest absolute Gasteiger partial charge is 0.218 e. The summed E-state index contributed by atoms with van der Waals surface area (Å²) in [6.07, 6.45) is 0. The van der Waals surface area contributed by atoms with E-state index in [1.54, 1.807) is 16.4 Å². The fraction of sp³-hybridized carbons (Fsp3) is 0.571. The van der Waals surface area contributed by atoms with Crippen LogP contribution in [0.15, 0.2) is 16.2 Å². The van der Waals surface area contributed by atoms with E-state index in [1.807, 2.05) is 13.8 Å². The molecule has 0 fully saturated rings. The average molecular weight is 263 g/mol. The molecule has 0 amide bonds. The highest BCUT2D eigenvalue weighted by Crippen LogP contribution is 2.20. The van der Waals surface area contributed by atoms with Crippen molar-refractivity contribution in [1.29, 1.82) is 0 Å². The molecule has 0 aromatic carbocycles. The van der Waals surface area contributed by atoms with Gasteiger partial charge in [0.1, 0.15) is 0 Å². The van der Waals surface area contributed by atoms with Gasteiger partial charge in [-0.25, -0.2) is 4.68 Å². The van der Waals surface area contributed by atoms with Gasteiger partial charge in [0.05, 0.1) is 6.04 Å². The summed E-state index contributed by atoms with van der Waals surface area (Å²) in [6.45, 7) is 7.84. The Balaban J connectivity index is 2.65. The van der Waals surface area contributed by atoms with Crippen LogP contribution in [0.5, 0.6) is 0 Å². The minimum absolute atomic E-state index is 0.293. The van der Waals surface area contributed by atoms with Gasteiger partial charge in [0.25, 0.3) is 0 Å². The molecule has 0 N–H and O–H groups in total. The zero-order chi connectivity index (χ0) is 9.84. The number of thioether (sulfide) groups is 1. The van der Waals surface area contributed by atoms with Gasteiger partial charge in [0, 0.05) is 5.75 Å². The van der Waals surface area contributed by atoms with Gasteiger partial charge in [0.15, 0.2) is 0 Å². The highest BCUT2D eigenvalue weighted by molar-refractivity contribution is 9.11. The van der Waals surface area contributed by atoms with Crippen molar-refractivity contribution in [2.24, 2.45) is 0 Å². The summed E-state index contributed by atoms with van der Waals surface area (Å²) in [6, 6.07) is 0.293. The Morgan fingerprint density at radius 1 is 1.69 bits per heavy atom. The molecule has 72 valence electrons. The van der Waals surface area contributed by atoms with Crippen molar-refractivity contribution in [3.05, 3.63) is 11.1 Å². The molecule has 1 rings (SSSR count). The van der Waals surface area contributed by atoms with Gasteiger partial charge in [-0.15, -0.1) is 5.10 Å². The van der Waals surface area contributed by atoms with Crippen LogP contribution in [0.25, 0.3) is 0 Å². The molecule has 1 aromatic rings. The fourth-order valence-electron chi connectivity index (χ4n) is 0.747. The molecule has 0 spiro atoms. The van der Waals surface area contributed by atoms with Crippen molar-refractivity contribution < 1.29 is 0 Å². The Bertz CT molecular complexity index is 296. The predicted octanol–water partition coefficient (Wildman–Crippen LogP) is 2.25. The smallest absolute Gasteiger partial charge is 0.209 e. The third-order valence-corrected chi connectivity index (χ3v) is 2.98. The number of aromatic nitrogens is 4. The number of hydrogen-bond donors (Lipinski definition) is 0. The lowest BCUT2D eigenvalue weighted by Crippen LogP contribution is -2.04. The van der Waals surface area contributed by atoms with E-state index in [9.17, 15) is 0 Å². The predicted molar refractivity (Wildman–Crippen MR) is 57.0 cm³/mol. The van der Waals surface area contributed by atoms with Gasteiger partial charge in [0.2, 0.25) is 5.16 Å². The van der Waals surface area contributed by atoms with E-state index in [4.69, 9.17) is 0 Å². The summed E-state index contributed by atoms with van der Waals surface area (Å²) in [4.78, 5) is 0. The molecule has 0 atom stereocenters. The molecule has 0 aliphatic heterocycles. The van der Waals surface area contributed by atoms with E-state index in [0.717, 1.165) is 15.4 Å². The lowest BCUT2D eigenvalue weighted by atomic mass is 10.4. The normalized spacial score (nSPS) is 10.8. The van der Waals surface area contributed by atoms with Crippen molar-refractivity contribution in [1.82, 2.24) is 20.2 Å². The van der Waals surface area contributed by atoms with Crippen LogP contribution in [0.3, 0.4) is 0 Å². The van der Waals surface area contributed by atoms with Crippen LogP contribution >= 0.6 is 27.7 Å². The van der Waals surface area contributed by atoms with E-state index in [0.29, 0.717) is 6.04 Å². The molecule has 13 heavy (non-hydrogen) atoms. The molecule has 0 aliphatic carbocycles. The number of tetrazole rings is 1. The van der Waals surface area contributed by atoms with Gasteiger partial charge < -0.3 is 0 Å². The molecular formula is C7H11BrN4S. The summed E-state index contributed by atoms with van der Waals surface area (Å²) >= 11 is 4.86. The third kappa shape index (κ3) is 3.11. The van der Waals surface area contributed by atoms with Crippen LogP contribution in [-0.2, 0) is 0 Å². The van der Waals surface area contributed by atoms with Gasteiger partial charge in [-0.05, 0) is 28.8 Å². The summed E-state index contributed by atoms with van der Waals surface area (Å²) in [7, 11) is 0. The molecule has 1 heterocycles. The first-order chi connectivity index (χ1) is 6.11. The Hall–Kier alpha value is -0.360. The maximum atomic E-state index is 3.91. The summed E-state index contributed by atoms with van der Waals surface area (Å²) in [5.74, 6) is 0.785. The standard InChI is InChI=1S/C7H11BrN4S/c1-5(2)12-7(9-10-11-12)13-4-6(3)8/h5H,3-4H2,1-2H3. The molecule has 0 bridgehead atoms. The maximum absolute atomic E-state index is 3.91. The van der Waals surface area contributed by atoms with Crippen molar-refractivity contribution in [3.63, 3.8) is 0 Å². The summed E-state index contributed by atoms with van der Waals surface area (Å²) in [5, 5.41) is 12.2. The molecule has 0 saturated carbocycles. The zero-order valence-corrected chi connectivity index (χ0v) is 9.97. The van der Waals surface area contributed by atoms with Crippen molar-refractivity contribution >= 4 is 27.7 Å². The van der Waals surface area contributed by atoms with Crippen LogP contribution in [-0.4, -0.2) is 26.0 Å². The van der Waals surface area contributed by atoms with E-state index in [-0.39, 0.29) is 0 Å². The maximum Gasteiger partial charge on any atom is 0.209 e. The second-order valence-corrected chi connectivity index (χ2v) is 4.87. The van der Waals surface area contributed by atoms with Crippen molar-refractivity contribution in [2.45, 2.75) is 25.0 Å². The second-order valence-electron chi connectivity index (χ2n) is 2.81. The third-order valence-electron chi connectivity index (χ3n) is 1.31. The Labute approximate surface area is 89.9 Å². The van der Waals surface area contributed by atoms with Crippen LogP contribution in [0.2, 0.25) is 0 Å². The van der Waals surface area contributed by atoms with Crippen LogP contribution in [0.4, 0.5) is 0 Å². The molecule has 6 heteroatoms. The minimum Gasteiger partial charge on any atom is -0.218 e. The first-order valence-corrected chi connectivity index (χ1v) is 5.63. The molecular weight excluding hydrogens is 252 g/mol. The van der Waals surface area contributed by atoms with Crippen molar-refractivity contribution in [2.75, 3.05) is 5.75 Å². The Morgan fingerprint density at radius 2 is 2.38 bits per heavy atom. The van der Waals surface area contributed by atoms with Crippen LogP contribution in [0.1, 0.15) is 19.9 Å². The lowest BCUT2D eigenvalue weighted by Gasteiger charge is -2.05. The molecule has 0 radical (unpaired) electrons. The molecule has 4 nitrogen and oxygen atoms in total. The minimum atomic E-state index is 0.293. The number of halogens is 1. The Kier molecular flexibility index (Phi) is 3.92.